The third kappa shape index (κ3) is 3.42. The van der Waals surface area contributed by atoms with Crippen LogP contribution in [-0.4, -0.2) is 33.8 Å². The van der Waals surface area contributed by atoms with Crippen LogP contribution < -0.4 is 0 Å². The molecule has 0 unspecified atom stereocenters. The summed E-state index contributed by atoms with van der Waals surface area (Å²) in [5.74, 6) is 0.0484. The fraction of sp³-hybridized carbons (Fsp3) is 0.500. The van der Waals surface area contributed by atoms with Crippen LogP contribution in [0.3, 0.4) is 0 Å². The van der Waals surface area contributed by atoms with E-state index in [0.29, 0.717) is 18.8 Å². The van der Waals surface area contributed by atoms with Crippen LogP contribution in [0.5, 0.6) is 0 Å². The number of carbonyl (C=O) groups is 1. The number of aromatic carboxylic acids is 1. The van der Waals surface area contributed by atoms with E-state index in [0.717, 1.165) is 42.7 Å². The SMILES string of the molecule is CCCc1nc2cccc(C(=O)O)c2n1CCCOCC. The van der Waals surface area contributed by atoms with Gasteiger partial charge in [0.05, 0.1) is 16.6 Å². The number of rotatable bonds is 8. The van der Waals surface area contributed by atoms with Gasteiger partial charge in [-0.25, -0.2) is 9.78 Å². The minimum atomic E-state index is -0.908. The molecule has 5 nitrogen and oxygen atoms in total. The molecule has 0 aliphatic rings. The number of benzene rings is 1. The molecule has 0 fully saturated rings. The average Bonchev–Trinajstić information content (AvgIpc) is 2.81. The normalized spacial score (nSPS) is 11.1. The first-order chi connectivity index (χ1) is 10.2. The van der Waals surface area contributed by atoms with E-state index >= 15 is 0 Å². The lowest BCUT2D eigenvalue weighted by molar-refractivity contribution is 0.0698. The van der Waals surface area contributed by atoms with Crippen molar-refractivity contribution in [2.45, 2.75) is 39.7 Å². The van der Waals surface area contributed by atoms with Gasteiger partial charge in [-0.2, -0.15) is 0 Å². The van der Waals surface area contributed by atoms with Crippen LogP contribution in [0.2, 0.25) is 0 Å². The highest BCUT2D eigenvalue weighted by Crippen LogP contribution is 2.22. The molecule has 1 heterocycles. The second kappa shape index (κ2) is 7.22. The first-order valence-electron chi connectivity index (χ1n) is 7.48. The molecule has 0 bridgehead atoms. The van der Waals surface area contributed by atoms with Crippen molar-refractivity contribution in [1.29, 1.82) is 0 Å². The highest BCUT2D eigenvalue weighted by Gasteiger charge is 2.16. The highest BCUT2D eigenvalue weighted by molar-refractivity contribution is 6.01. The Labute approximate surface area is 124 Å². The van der Waals surface area contributed by atoms with Gasteiger partial charge in [-0.15, -0.1) is 0 Å². The lowest BCUT2D eigenvalue weighted by Gasteiger charge is -2.10. The van der Waals surface area contributed by atoms with Gasteiger partial charge in [0.1, 0.15) is 5.82 Å². The van der Waals surface area contributed by atoms with Crippen LogP contribution in [0.15, 0.2) is 18.2 Å². The number of aromatic nitrogens is 2. The van der Waals surface area contributed by atoms with Gasteiger partial charge in [0.15, 0.2) is 0 Å². The Morgan fingerprint density at radius 3 is 2.86 bits per heavy atom. The van der Waals surface area contributed by atoms with Crippen molar-refractivity contribution in [2.24, 2.45) is 0 Å². The molecular weight excluding hydrogens is 268 g/mol. The van der Waals surface area contributed by atoms with Crippen LogP contribution in [0.4, 0.5) is 0 Å². The molecule has 1 aromatic carbocycles. The third-order valence-electron chi connectivity index (χ3n) is 3.42. The van der Waals surface area contributed by atoms with Gasteiger partial charge >= 0.3 is 5.97 Å². The van der Waals surface area contributed by atoms with Crippen LogP contribution >= 0.6 is 0 Å². The Hall–Kier alpha value is -1.88. The third-order valence-corrected chi connectivity index (χ3v) is 3.42. The van der Waals surface area contributed by atoms with Crippen molar-refractivity contribution >= 4 is 17.0 Å². The van der Waals surface area contributed by atoms with Gasteiger partial charge in [-0.05, 0) is 31.9 Å². The number of imidazole rings is 1. The standard InChI is InChI=1S/C16H22N2O3/c1-3-7-14-17-13-9-5-8-12(16(19)20)15(13)18(14)10-6-11-21-4-2/h5,8-9H,3-4,6-7,10-11H2,1-2H3,(H,19,20). The average molecular weight is 290 g/mol. The van der Waals surface area contributed by atoms with Gasteiger partial charge in [0, 0.05) is 26.2 Å². The largest absolute Gasteiger partial charge is 0.478 e. The summed E-state index contributed by atoms with van der Waals surface area (Å²) in [5.41, 5.74) is 1.80. The van der Waals surface area contributed by atoms with Gasteiger partial charge < -0.3 is 14.4 Å². The van der Waals surface area contributed by atoms with E-state index < -0.39 is 5.97 Å². The zero-order chi connectivity index (χ0) is 15.2. The fourth-order valence-corrected chi connectivity index (χ4v) is 2.53. The number of carboxylic acids is 1. The summed E-state index contributed by atoms with van der Waals surface area (Å²) in [6.45, 7) is 6.18. The quantitative estimate of drug-likeness (QED) is 0.759. The summed E-state index contributed by atoms with van der Waals surface area (Å²) >= 11 is 0. The van der Waals surface area contributed by atoms with Crippen LogP contribution in [0.25, 0.3) is 11.0 Å². The number of ether oxygens (including phenoxy) is 1. The number of hydrogen-bond acceptors (Lipinski definition) is 3. The lowest BCUT2D eigenvalue weighted by atomic mass is 10.2. The van der Waals surface area contributed by atoms with E-state index in [1.807, 2.05) is 17.6 Å². The molecule has 114 valence electrons. The van der Waals surface area contributed by atoms with E-state index in [2.05, 4.69) is 11.9 Å². The fourth-order valence-electron chi connectivity index (χ4n) is 2.53. The molecule has 0 amide bonds. The van der Waals surface area contributed by atoms with Crippen molar-refractivity contribution in [2.75, 3.05) is 13.2 Å². The maximum atomic E-state index is 11.4. The minimum absolute atomic E-state index is 0.318. The summed E-state index contributed by atoms with van der Waals surface area (Å²) in [6, 6.07) is 5.26. The molecule has 0 aliphatic carbocycles. The number of nitrogens with zero attached hydrogens (tertiary/aromatic N) is 2. The van der Waals surface area contributed by atoms with Gasteiger partial charge in [-0.3, -0.25) is 0 Å². The second-order valence-electron chi connectivity index (χ2n) is 4.96. The molecule has 0 saturated carbocycles. The van der Waals surface area contributed by atoms with Gasteiger partial charge in [0.25, 0.3) is 0 Å². The van der Waals surface area contributed by atoms with Crippen LogP contribution in [0.1, 0.15) is 42.9 Å². The highest BCUT2D eigenvalue weighted by atomic mass is 16.5. The first kappa shape index (κ1) is 15.5. The van der Waals surface area contributed by atoms with Crippen LogP contribution in [0, 0.1) is 0 Å². The molecule has 1 N–H and O–H groups in total. The summed E-state index contributed by atoms with van der Waals surface area (Å²) in [4.78, 5) is 16.0. The van der Waals surface area contributed by atoms with Crippen molar-refractivity contribution < 1.29 is 14.6 Å². The smallest absolute Gasteiger partial charge is 0.337 e. The summed E-state index contributed by atoms with van der Waals surface area (Å²) in [7, 11) is 0. The zero-order valence-corrected chi connectivity index (χ0v) is 12.6. The number of fused-ring (bicyclic) bond motifs is 1. The van der Waals surface area contributed by atoms with E-state index in [9.17, 15) is 9.90 Å². The van der Waals surface area contributed by atoms with E-state index in [1.165, 1.54) is 0 Å². The van der Waals surface area contributed by atoms with E-state index in [4.69, 9.17) is 4.74 Å². The Balaban J connectivity index is 2.41. The lowest BCUT2D eigenvalue weighted by Crippen LogP contribution is -2.09. The zero-order valence-electron chi connectivity index (χ0n) is 12.6. The summed E-state index contributed by atoms with van der Waals surface area (Å²) < 4.78 is 7.41. The van der Waals surface area contributed by atoms with Crippen molar-refractivity contribution in [3.63, 3.8) is 0 Å². The van der Waals surface area contributed by atoms with Crippen molar-refractivity contribution in [3.05, 3.63) is 29.6 Å². The second-order valence-corrected chi connectivity index (χ2v) is 4.96. The molecule has 2 rings (SSSR count). The predicted octanol–water partition coefficient (Wildman–Crippen LogP) is 3.11. The monoisotopic (exact) mass is 290 g/mol. The molecule has 0 atom stereocenters. The van der Waals surface area contributed by atoms with E-state index in [1.54, 1.807) is 12.1 Å². The minimum Gasteiger partial charge on any atom is -0.478 e. The molecule has 0 radical (unpaired) electrons. The molecule has 0 saturated heterocycles. The Kier molecular flexibility index (Phi) is 5.33. The number of para-hydroxylation sites is 1. The topological polar surface area (TPSA) is 64.3 Å². The van der Waals surface area contributed by atoms with Gasteiger partial charge in [0.2, 0.25) is 0 Å². The van der Waals surface area contributed by atoms with Gasteiger partial charge in [-0.1, -0.05) is 13.0 Å². The Bertz CT molecular complexity index is 619. The number of carboxylic acid groups (broad SMARTS) is 1. The molecule has 1 aromatic heterocycles. The van der Waals surface area contributed by atoms with Crippen molar-refractivity contribution in [1.82, 2.24) is 9.55 Å². The Morgan fingerprint density at radius 2 is 2.19 bits per heavy atom. The maximum absolute atomic E-state index is 11.4. The molecular formula is C16H22N2O3. The number of hydrogen-bond donors (Lipinski definition) is 1. The van der Waals surface area contributed by atoms with E-state index in [-0.39, 0.29) is 0 Å². The van der Waals surface area contributed by atoms with Crippen LogP contribution in [-0.2, 0) is 17.7 Å². The molecule has 21 heavy (non-hydrogen) atoms. The first-order valence-corrected chi connectivity index (χ1v) is 7.48. The molecule has 2 aromatic rings. The molecule has 5 heteroatoms. The predicted molar refractivity (Wildman–Crippen MR) is 81.8 cm³/mol. The molecule has 0 spiro atoms. The number of aryl methyl sites for hydroxylation is 2. The van der Waals surface area contributed by atoms with Crippen molar-refractivity contribution in [3.8, 4) is 0 Å². The Morgan fingerprint density at radius 1 is 1.38 bits per heavy atom. The summed E-state index contributed by atoms with van der Waals surface area (Å²) in [5, 5.41) is 9.39. The summed E-state index contributed by atoms with van der Waals surface area (Å²) in [6.07, 6.45) is 2.68. The molecule has 0 aliphatic heterocycles. The maximum Gasteiger partial charge on any atom is 0.337 e.